The summed E-state index contributed by atoms with van der Waals surface area (Å²) in [6.07, 6.45) is 0. The molecule has 7 heteroatoms. The third-order valence-electron chi connectivity index (χ3n) is 4.25. The maximum atomic E-state index is 12.6. The quantitative estimate of drug-likeness (QED) is 0.781. The summed E-state index contributed by atoms with van der Waals surface area (Å²) < 4.78 is 23.8. The van der Waals surface area contributed by atoms with Crippen LogP contribution in [0.2, 0.25) is 5.02 Å². The second-order valence-corrected chi connectivity index (χ2v) is 8.14. The van der Waals surface area contributed by atoms with Gasteiger partial charge >= 0.3 is 6.03 Å². The first-order chi connectivity index (χ1) is 9.84. The third-order valence-corrected chi connectivity index (χ3v) is 6.36. The van der Waals surface area contributed by atoms with Crippen molar-refractivity contribution in [3.8, 4) is 0 Å². The summed E-state index contributed by atoms with van der Waals surface area (Å²) in [4.78, 5) is 15.8. The molecule has 0 spiro atoms. The van der Waals surface area contributed by atoms with Crippen LogP contribution in [0.1, 0.15) is 12.5 Å². The van der Waals surface area contributed by atoms with Crippen LogP contribution in [0.25, 0.3) is 0 Å². The van der Waals surface area contributed by atoms with Gasteiger partial charge in [-0.3, -0.25) is 4.90 Å². The number of likely N-dealkylation sites (N-methyl/N-ethyl adjacent to an activating group) is 1. The predicted molar refractivity (Wildman–Crippen MR) is 82.7 cm³/mol. The summed E-state index contributed by atoms with van der Waals surface area (Å²) >= 11 is 6.14. The van der Waals surface area contributed by atoms with E-state index in [9.17, 15) is 13.2 Å². The van der Waals surface area contributed by atoms with Crippen LogP contribution in [0.15, 0.2) is 18.2 Å². The first-order valence-corrected chi connectivity index (χ1v) is 9.10. The van der Waals surface area contributed by atoms with Crippen molar-refractivity contribution in [1.82, 2.24) is 4.90 Å². The Kier molecular flexibility index (Phi) is 3.41. The van der Waals surface area contributed by atoms with Crippen molar-refractivity contribution >= 4 is 33.2 Å². The van der Waals surface area contributed by atoms with Crippen LogP contribution in [0.3, 0.4) is 0 Å². The summed E-state index contributed by atoms with van der Waals surface area (Å²) in [5.74, 6) is 0.0682. The highest BCUT2D eigenvalue weighted by Gasteiger charge is 2.53. The normalized spacial score (nSPS) is 27.3. The number of rotatable bonds is 2. The molecule has 0 radical (unpaired) electrons. The minimum atomic E-state index is -3.10. The van der Waals surface area contributed by atoms with E-state index in [-0.39, 0.29) is 29.6 Å². The number of aryl methyl sites for hydroxylation is 1. The molecule has 0 bridgehead atoms. The number of amides is 2. The molecule has 2 aliphatic heterocycles. The van der Waals surface area contributed by atoms with Crippen molar-refractivity contribution in [2.75, 3.05) is 23.0 Å². The lowest BCUT2D eigenvalue weighted by molar-refractivity contribution is 0.212. The number of fused-ring (bicyclic) bond motifs is 1. The van der Waals surface area contributed by atoms with Gasteiger partial charge in [0.1, 0.15) is 0 Å². The van der Waals surface area contributed by atoms with E-state index < -0.39 is 9.84 Å². The first-order valence-electron chi connectivity index (χ1n) is 6.90. The summed E-state index contributed by atoms with van der Waals surface area (Å²) in [5, 5.41) is 0.577. The third kappa shape index (κ3) is 2.30. The Hall–Kier alpha value is -1.27. The van der Waals surface area contributed by atoms with E-state index in [0.29, 0.717) is 17.3 Å². The van der Waals surface area contributed by atoms with Crippen molar-refractivity contribution in [2.45, 2.75) is 25.9 Å². The lowest BCUT2D eigenvalue weighted by atomic mass is 10.1. The van der Waals surface area contributed by atoms with Crippen LogP contribution in [0.4, 0.5) is 10.5 Å². The molecule has 2 saturated heterocycles. The molecule has 21 heavy (non-hydrogen) atoms. The van der Waals surface area contributed by atoms with Gasteiger partial charge in [-0.2, -0.15) is 0 Å². The molecule has 2 heterocycles. The largest absolute Gasteiger partial charge is 0.325 e. The molecule has 0 saturated carbocycles. The average Bonchev–Trinajstić information content (AvgIpc) is 2.82. The van der Waals surface area contributed by atoms with Gasteiger partial charge in [0.2, 0.25) is 0 Å². The van der Waals surface area contributed by atoms with Crippen LogP contribution in [0, 0.1) is 6.92 Å². The van der Waals surface area contributed by atoms with Crippen molar-refractivity contribution in [1.29, 1.82) is 0 Å². The molecule has 0 aliphatic carbocycles. The van der Waals surface area contributed by atoms with E-state index in [1.165, 1.54) is 0 Å². The van der Waals surface area contributed by atoms with E-state index in [4.69, 9.17) is 11.6 Å². The van der Waals surface area contributed by atoms with E-state index in [0.717, 1.165) is 5.56 Å². The molecule has 2 fully saturated rings. The van der Waals surface area contributed by atoms with E-state index in [1.807, 2.05) is 26.0 Å². The van der Waals surface area contributed by atoms with Gasteiger partial charge in [-0.25, -0.2) is 13.2 Å². The molecule has 0 N–H and O–H groups in total. The second kappa shape index (κ2) is 4.88. The highest BCUT2D eigenvalue weighted by atomic mass is 35.5. The van der Waals surface area contributed by atoms with Crippen molar-refractivity contribution in [3.63, 3.8) is 0 Å². The van der Waals surface area contributed by atoms with E-state index in [1.54, 1.807) is 15.9 Å². The summed E-state index contributed by atoms with van der Waals surface area (Å²) in [6, 6.07) is 4.69. The number of nitrogens with zero attached hydrogens (tertiary/aromatic N) is 2. The van der Waals surface area contributed by atoms with Crippen LogP contribution in [0.5, 0.6) is 0 Å². The molecule has 0 unspecified atom stereocenters. The van der Waals surface area contributed by atoms with Gasteiger partial charge in [0, 0.05) is 17.3 Å². The molecule has 5 nitrogen and oxygen atoms in total. The van der Waals surface area contributed by atoms with Gasteiger partial charge in [-0.1, -0.05) is 17.7 Å². The zero-order chi connectivity index (χ0) is 15.4. The Balaban J connectivity index is 2.04. The molecular weight excluding hydrogens is 312 g/mol. The second-order valence-electron chi connectivity index (χ2n) is 5.58. The Labute approximate surface area is 129 Å². The van der Waals surface area contributed by atoms with E-state index >= 15 is 0 Å². The first kappa shape index (κ1) is 14.7. The SMILES string of the molecule is CCN1C(=O)N(c2ccc(C)c(Cl)c2)[C@@H]2CS(=O)(=O)C[C@H]21. The van der Waals surface area contributed by atoms with Crippen LogP contribution >= 0.6 is 11.6 Å². The Morgan fingerprint density at radius 3 is 2.57 bits per heavy atom. The van der Waals surface area contributed by atoms with Crippen LogP contribution in [-0.2, 0) is 9.84 Å². The number of carbonyl (C=O) groups is 1. The van der Waals surface area contributed by atoms with Crippen LogP contribution in [-0.4, -0.2) is 49.5 Å². The zero-order valence-corrected chi connectivity index (χ0v) is 13.5. The molecule has 2 atom stereocenters. The minimum Gasteiger partial charge on any atom is -0.318 e. The molecule has 1 aromatic carbocycles. The molecule has 0 aromatic heterocycles. The Morgan fingerprint density at radius 1 is 1.29 bits per heavy atom. The molecule has 3 rings (SSSR count). The van der Waals surface area contributed by atoms with E-state index in [2.05, 4.69) is 0 Å². The van der Waals surface area contributed by atoms with Crippen molar-refractivity contribution < 1.29 is 13.2 Å². The highest BCUT2D eigenvalue weighted by Crippen LogP contribution is 2.36. The topological polar surface area (TPSA) is 57.7 Å². The number of halogens is 1. The molecular formula is C14H17ClN2O3S. The zero-order valence-electron chi connectivity index (χ0n) is 11.9. The van der Waals surface area contributed by atoms with Crippen molar-refractivity contribution in [2.24, 2.45) is 0 Å². The van der Waals surface area contributed by atoms with Gasteiger partial charge in [-0.05, 0) is 31.5 Å². The standard InChI is InChI=1S/C14H17ClN2O3S/c1-3-16-12-7-21(19,20)8-13(12)17(14(16)18)10-5-4-9(2)11(15)6-10/h4-6,12-13H,3,7-8H2,1-2H3/t12-,13-/m1/s1. The van der Waals surface area contributed by atoms with Crippen molar-refractivity contribution in [3.05, 3.63) is 28.8 Å². The fraction of sp³-hybridized carbons (Fsp3) is 0.500. The summed E-state index contributed by atoms with van der Waals surface area (Å²) in [5.41, 5.74) is 1.59. The monoisotopic (exact) mass is 328 g/mol. The number of hydrogen-bond donors (Lipinski definition) is 0. The predicted octanol–water partition coefficient (Wildman–Crippen LogP) is 2.08. The maximum Gasteiger partial charge on any atom is 0.325 e. The maximum absolute atomic E-state index is 12.6. The molecule has 114 valence electrons. The number of anilines is 1. The lowest BCUT2D eigenvalue weighted by Gasteiger charge is -2.22. The average molecular weight is 329 g/mol. The van der Waals surface area contributed by atoms with Gasteiger partial charge in [0.15, 0.2) is 9.84 Å². The number of benzene rings is 1. The minimum absolute atomic E-state index is 0.0192. The van der Waals surface area contributed by atoms with Gasteiger partial charge in [-0.15, -0.1) is 0 Å². The number of sulfone groups is 1. The lowest BCUT2D eigenvalue weighted by Crippen LogP contribution is -2.37. The van der Waals surface area contributed by atoms with Gasteiger partial charge < -0.3 is 4.90 Å². The molecule has 1 aromatic rings. The Bertz CT molecular complexity index is 704. The fourth-order valence-corrected chi connectivity index (χ4v) is 5.31. The van der Waals surface area contributed by atoms with Gasteiger partial charge in [0.25, 0.3) is 0 Å². The number of carbonyl (C=O) groups excluding carboxylic acids is 1. The van der Waals surface area contributed by atoms with Crippen LogP contribution < -0.4 is 4.90 Å². The molecule has 2 amide bonds. The summed E-state index contributed by atoms with van der Waals surface area (Å²) in [7, 11) is -3.10. The van der Waals surface area contributed by atoms with Gasteiger partial charge in [0.05, 0.1) is 23.6 Å². The number of urea groups is 1. The molecule has 2 aliphatic rings. The Morgan fingerprint density at radius 2 is 1.95 bits per heavy atom. The number of hydrogen-bond acceptors (Lipinski definition) is 3. The summed E-state index contributed by atoms with van der Waals surface area (Å²) in [6.45, 7) is 4.26. The fourth-order valence-electron chi connectivity index (χ4n) is 3.18. The smallest absolute Gasteiger partial charge is 0.318 e. The highest BCUT2D eigenvalue weighted by molar-refractivity contribution is 7.91.